The highest BCUT2D eigenvalue weighted by molar-refractivity contribution is 7.11. The zero-order chi connectivity index (χ0) is 13.7. The van der Waals surface area contributed by atoms with Crippen molar-refractivity contribution in [1.82, 2.24) is 5.06 Å². The monoisotopic (exact) mass is 278 g/mol. The number of carbonyl (C=O) groups is 1. The number of amides is 1. The lowest BCUT2D eigenvalue weighted by Crippen LogP contribution is -2.33. The molecule has 0 bridgehead atoms. The third kappa shape index (κ3) is 3.30. The van der Waals surface area contributed by atoms with Gasteiger partial charge in [-0.2, -0.15) is 0 Å². The highest BCUT2D eigenvalue weighted by atomic mass is 32.1. The maximum Gasteiger partial charge on any atom is 0.273 e. The van der Waals surface area contributed by atoms with Crippen molar-refractivity contribution < 1.29 is 9.63 Å². The van der Waals surface area contributed by atoms with E-state index in [2.05, 4.69) is 4.99 Å². The first-order chi connectivity index (χ1) is 9.26. The quantitative estimate of drug-likeness (QED) is 0.774. The molecule has 0 saturated heterocycles. The van der Waals surface area contributed by atoms with Crippen LogP contribution in [-0.2, 0) is 9.63 Å². The molecule has 0 aliphatic carbocycles. The molecule has 2 rings (SSSR count). The smallest absolute Gasteiger partial charge is 0.271 e. The van der Waals surface area contributed by atoms with Crippen LogP contribution in [0.25, 0.3) is 6.08 Å². The Morgan fingerprint density at radius 3 is 3.11 bits per heavy atom. The maximum atomic E-state index is 12.4. The molecule has 4 nitrogen and oxygen atoms in total. The van der Waals surface area contributed by atoms with E-state index in [0.29, 0.717) is 19.6 Å². The van der Waals surface area contributed by atoms with Crippen LogP contribution >= 0.6 is 11.3 Å². The van der Waals surface area contributed by atoms with Crippen molar-refractivity contribution in [2.75, 3.05) is 13.2 Å². The number of aliphatic imine (C=N–C) groups is 1. The minimum absolute atomic E-state index is 0.0589. The van der Waals surface area contributed by atoms with Gasteiger partial charge >= 0.3 is 0 Å². The molecule has 19 heavy (non-hydrogen) atoms. The first-order valence-electron chi connectivity index (χ1n) is 6.51. The topological polar surface area (TPSA) is 41.9 Å². The third-order valence-electron chi connectivity index (χ3n) is 2.73. The fourth-order valence-corrected chi connectivity index (χ4v) is 2.68. The van der Waals surface area contributed by atoms with Crippen molar-refractivity contribution in [3.05, 3.63) is 21.9 Å². The Hall–Kier alpha value is -1.46. The first kappa shape index (κ1) is 14.0. The van der Waals surface area contributed by atoms with Crippen LogP contribution in [-0.4, -0.2) is 30.3 Å². The van der Waals surface area contributed by atoms with Crippen LogP contribution in [0.3, 0.4) is 0 Å². The lowest BCUT2D eigenvalue weighted by molar-refractivity contribution is -0.180. The average Bonchev–Trinajstić information content (AvgIpc) is 2.75. The number of thiophene rings is 1. The second-order valence-corrected chi connectivity index (χ2v) is 5.13. The van der Waals surface area contributed by atoms with Gasteiger partial charge in [0.2, 0.25) is 0 Å². The number of hydrogen-bond donors (Lipinski definition) is 0. The summed E-state index contributed by atoms with van der Waals surface area (Å²) in [6.45, 7) is 5.02. The van der Waals surface area contributed by atoms with E-state index in [9.17, 15) is 4.79 Å². The molecule has 0 N–H and O–H groups in total. The van der Waals surface area contributed by atoms with Crippen molar-refractivity contribution in [2.45, 2.75) is 26.7 Å². The van der Waals surface area contributed by atoms with Crippen molar-refractivity contribution >= 4 is 35.2 Å². The Morgan fingerprint density at radius 2 is 2.37 bits per heavy atom. The summed E-state index contributed by atoms with van der Waals surface area (Å²) in [4.78, 5) is 23.2. The lowest BCUT2D eigenvalue weighted by Gasteiger charge is -2.21. The molecule has 1 aromatic rings. The molecule has 0 spiro atoms. The van der Waals surface area contributed by atoms with Gasteiger partial charge in [0.1, 0.15) is 0 Å². The Bertz CT molecular complexity index is 499. The molecule has 2 heterocycles. The van der Waals surface area contributed by atoms with Gasteiger partial charge < -0.3 is 0 Å². The van der Waals surface area contributed by atoms with Crippen LogP contribution < -0.4 is 0 Å². The summed E-state index contributed by atoms with van der Waals surface area (Å²) in [6, 6.07) is 1.97. The van der Waals surface area contributed by atoms with E-state index < -0.39 is 0 Å². The second-order valence-electron chi connectivity index (χ2n) is 4.18. The molecule has 0 fully saturated rings. The van der Waals surface area contributed by atoms with Gasteiger partial charge in [-0.3, -0.25) is 14.6 Å². The van der Waals surface area contributed by atoms with Crippen molar-refractivity contribution in [1.29, 1.82) is 0 Å². The Labute approximate surface area is 117 Å². The van der Waals surface area contributed by atoms with Crippen LogP contribution in [0.15, 0.2) is 22.0 Å². The fourth-order valence-electron chi connectivity index (χ4n) is 1.88. The Balaban J connectivity index is 2.21. The standard InChI is InChI=1S/C14H18N2O2S/c1-3-8-16(18-4-2)14(17)11-5-7-15-12-6-9-19-13(12)10-11/h6-7,9-10H,3-5,8H2,1-2H3. The Morgan fingerprint density at radius 1 is 1.53 bits per heavy atom. The number of rotatable bonds is 5. The minimum atomic E-state index is -0.0589. The van der Waals surface area contributed by atoms with Gasteiger partial charge in [0.15, 0.2) is 0 Å². The summed E-state index contributed by atoms with van der Waals surface area (Å²) in [5.41, 5.74) is 1.66. The van der Waals surface area contributed by atoms with E-state index in [1.54, 1.807) is 17.6 Å². The summed E-state index contributed by atoms with van der Waals surface area (Å²) in [7, 11) is 0. The normalized spacial score (nSPS) is 13.7. The highest BCUT2D eigenvalue weighted by Crippen LogP contribution is 2.30. The number of fused-ring (bicyclic) bond motifs is 1. The highest BCUT2D eigenvalue weighted by Gasteiger charge is 2.19. The molecular formula is C14H18N2O2S. The molecular weight excluding hydrogens is 260 g/mol. The third-order valence-corrected chi connectivity index (χ3v) is 3.59. The van der Waals surface area contributed by atoms with Gasteiger partial charge in [0.05, 0.1) is 17.2 Å². The predicted molar refractivity (Wildman–Crippen MR) is 78.7 cm³/mol. The maximum absolute atomic E-state index is 12.4. The van der Waals surface area contributed by atoms with Crippen molar-refractivity contribution in [3.8, 4) is 0 Å². The van der Waals surface area contributed by atoms with Gasteiger partial charge in [-0.15, -0.1) is 11.3 Å². The molecule has 1 aromatic heterocycles. The summed E-state index contributed by atoms with van der Waals surface area (Å²) < 4.78 is 0. The second kappa shape index (κ2) is 6.63. The Kier molecular flexibility index (Phi) is 4.87. The van der Waals surface area contributed by atoms with E-state index in [1.807, 2.05) is 31.4 Å². The lowest BCUT2D eigenvalue weighted by atomic mass is 10.1. The number of hydroxylamine groups is 2. The molecule has 1 aliphatic heterocycles. The van der Waals surface area contributed by atoms with Crippen LogP contribution in [0.1, 0.15) is 31.6 Å². The summed E-state index contributed by atoms with van der Waals surface area (Å²) in [5, 5.41) is 3.44. The van der Waals surface area contributed by atoms with E-state index in [0.717, 1.165) is 22.6 Å². The molecule has 0 saturated carbocycles. The van der Waals surface area contributed by atoms with Gasteiger partial charge in [0, 0.05) is 24.8 Å². The molecule has 0 atom stereocenters. The van der Waals surface area contributed by atoms with Crippen molar-refractivity contribution in [2.24, 2.45) is 4.99 Å². The zero-order valence-electron chi connectivity index (χ0n) is 11.3. The predicted octanol–water partition coefficient (Wildman–Crippen LogP) is 3.43. The summed E-state index contributed by atoms with van der Waals surface area (Å²) in [6.07, 6.45) is 5.14. The van der Waals surface area contributed by atoms with Crippen LogP contribution in [0.4, 0.5) is 5.69 Å². The van der Waals surface area contributed by atoms with Gasteiger partial charge in [-0.05, 0) is 30.9 Å². The van der Waals surface area contributed by atoms with E-state index in [-0.39, 0.29) is 5.91 Å². The average molecular weight is 278 g/mol. The minimum Gasteiger partial charge on any atom is -0.271 e. The SMILES string of the molecule is CCCN(OCC)C(=O)C1=Cc2sccc2N=CC1. The zero-order valence-corrected chi connectivity index (χ0v) is 12.1. The number of nitrogens with zero attached hydrogens (tertiary/aromatic N) is 2. The number of carbonyl (C=O) groups excluding carboxylic acids is 1. The largest absolute Gasteiger partial charge is 0.273 e. The van der Waals surface area contributed by atoms with Gasteiger partial charge in [0.25, 0.3) is 5.91 Å². The van der Waals surface area contributed by atoms with E-state index >= 15 is 0 Å². The van der Waals surface area contributed by atoms with E-state index in [1.165, 1.54) is 5.06 Å². The van der Waals surface area contributed by atoms with Crippen LogP contribution in [0.5, 0.6) is 0 Å². The number of hydrogen-bond acceptors (Lipinski definition) is 4. The van der Waals surface area contributed by atoms with E-state index in [4.69, 9.17) is 4.84 Å². The molecule has 0 aromatic carbocycles. The van der Waals surface area contributed by atoms with Crippen LogP contribution in [0.2, 0.25) is 0 Å². The molecule has 1 amide bonds. The van der Waals surface area contributed by atoms with Gasteiger partial charge in [-0.1, -0.05) is 6.92 Å². The molecule has 1 aliphatic rings. The van der Waals surface area contributed by atoms with Crippen LogP contribution in [0, 0.1) is 0 Å². The molecule has 0 unspecified atom stereocenters. The first-order valence-corrected chi connectivity index (χ1v) is 7.39. The van der Waals surface area contributed by atoms with Gasteiger partial charge in [-0.25, -0.2) is 5.06 Å². The molecule has 102 valence electrons. The summed E-state index contributed by atoms with van der Waals surface area (Å²) in [5.74, 6) is -0.0589. The van der Waals surface area contributed by atoms with Crippen molar-refractivity contribution in [3.63, 3.8) is 0 Å². The summed E-state index contributed by atoms with van der Waals surface area (Å²) >= 11 is 1.60. The molecule has 5 heteroatoms. The molecule has 0 radical (unpaired) electrons. The fraction of sp³-hybridized carbons (Fsp3) is 0.429.